The zero-order chi connectivity index (χ0) is 13.8. The van der Waals surface area contributed by atoms with Crippen LogP contribution in [0.2, 0.25) is 5.02 Å². The maximum Gasteiger partial charge on any atom is 0.0444 e. The maximum absolute atomic E-state index is 6.27. The van der Waals surface area contributed by atoms with Crippen LogP contribution >= 0.6 is 11.6 Å². The Labute approximate surface area is 121 Å². The Kier molecular flexibility index (Phi) is 4.66. The van der Waals surface area contributed by atoms with Crippen molar-refractivity contribution in [1.82, 2.24) is 0 Å². The number of rotatable bonds is 4. The third-order valence-electron chi connectivity index (χ3n) is 3.50. The van der Waals surface area contributed by atoms with Crippen LogP contribution < -0.4 is 0 Å². The Balaban J connectivity index is 2.20. The fourth-order valence-corrected chi connectivity index (χ4v) is 2.72. The normalized spacial score (nSPS) is 12.7. The Morgan fingerprint density at radius 3 is 2.11 bits per heavy atom. The van der Waals surface area contributed by atoms with E-state index in [4.69, 9.17) is 11.6 Å². The molecule has 1 atom stereocenters. The predicted molar refractivity (Wildman–Crippen MR) is 84.0 cm³/mol. The first kappa shape index (κ1) is 14.1. The number of benzene rings is 2. The quantitative estimate of drug-likeness (QED) is 0.671. The molecule has 100 valence electrons. The molecule has 0 aliphatic rings. The summed E-state index contributed by atoms with van der Waals surface area (Å²) in [6.07, 6.45) is 1.14. The zero-order valence-electron chi connectivity index (χ0n) is 11.9. The van der Waals surface area contributed by atoms with Gasteiger partial charge in [-0.1, -0.05) is 74.8 Å². The highest BCUT2D eigenvalue weighted by molar-refractivity contribution is 6.31. The van der Waals surface area contributed by atoms with Crippen molar-refractivity contribution in [3.63, 3.8) is 0 Å². The van der Waals surface area contributed by atoms with E-state index in [1.807, 2.05) is 18.2 Å². The van der Waals surface area contributed by atoms with Gasteiger partial charge < -0.3 is 0 Å². The van der Waals surface area contributed by atoms with Crippen molar-refractivity contribution in [2.45, 2.75) is 33.1 Å². The molecule has 19 heavy (non-hydrogen) atoms. The molecule has 0 fully saturated rings. The molecule has 0 aliphatic carbocycles. The lowest BCUT2D eigenvalue weighted by atomic mass is 9.91. The smallest absolute Gasteiger partial charge is 0.0444 e. The summed E-state index contributed by atoms with van der Waals surface area (Å²) in [4.78, 5) is 0. The van der Waals surface area contributed by atoms with Gasteiger partial charge in [-0.25, -0.2) is 0 Å². The van der Waals surface area contributed by atoms with Crippen molar-refractivity contribution in [2.24, 2.45) is 5.92 Å². The second kappa shape index (κ2) is 6.25. The SMILES string of the molecule is CC(C)Cc1ccc(C(C)c2ccccc2Cl)cc1. The van der Waals surface area contributed by atoms with Gasteiger partial charge in [0.15, 0.2) is 0 Å². The molecule has 0 N–H and O–H groups in total. The van der Waals surface area contributed by atoms with Gasteiger partial charge in [0.25, 0.3) is 0 Å². The first-order valence-electron chi connectivity index (χ1n) is 6.91. The Hall–Kier alpha value is -1.27. The van der Waals surface area contributed by atoms with Crippen molar-refractivity contribution in [2.75, 3.05) is 0 Å². The first-order chi connectivity index (χ1) is 9.08. The monoisotopic (exact) mass is 272 g/mol. The van der Waals surface area contributed by atoms with Gasteiger partial charge in [-0.15, -0.1) is 0 Å². The van der Waals surface area contributed by atoms with Gasteiger partial charge in [0, 0.05) is 10.9 Å². The van der Waals surface area contributed by atoms with Crippen LogP contribution in [0.25, 0.3) is 0 Å². The fourth-order valence-electron chi connectivity index (χ4n) is 2.42. The average molecular weight is 273 g/mol. The highest BCUT2D eigenvalue weighted by Gasteiger charge is 2.11. The summed E-state index contributed by atoms with van der Waals surface area (Å²) < 4.78 is 0. The minimum atomic E-state index is 0.335. The van der Waals surface area contributed by atoms with Gasteiger partial charge >= 0.3 is 0 Å². The molecule has 0 bridgehead atoms. The maximum atomic E-state index is 6.27. The highest BCUT2D eigenvalue weighted by atomic mass is 35.5. The van der Waals surface area contributed by atoms with E-state index in [-0.39, 0.29) is 0 Å². The van der Waals surface area contributed by atoms with Gasteiger partial charge in [0.2, 0.25) is 0 Å². The predicted octanol–water partition coefficient (Wildman–Crippen LogP) is 5.69. The van der Waals surface area contributed by atoms with E-state index >= 15 is 0 Å². The van der Waals surface area contributed by atoms with E-state index in [0.29, 0.717) is 11.8 Å². The topological polar surface area (TPSA) is 0 Å². The zero-order valence-corrected chi connectivity index (χ0v) is 12.6. The second-order valence-electron chi connectivity index (χ2n) is 5.58. The number of halogens is 1. The van der Waals surface area contributed by atoms with Crippen LogP contribution in [0.3, 0.4) is 0 Å². The molecule has 0 saturated heterocycles. The first-order valence-corrected chi connectivity index (χ1v) is 7.29. The van der Waals surface area contributed by atoms with E-state index in [9.17, 15) is 0 Å². The van der Waals surface area contributed by atoms with Crippen LogP contribution in [0.5, 0.6) is 0 Å². The Bertz CT molecular complexity index is 526. The van der Waals surface area contributed by atoms with Crippen molar-refractivity contribution in [3.8, 4) is 0 Å². The van der Waals surface area contributed by atoms with Gasteiger partial charge in [-0.05, 0) is 35.1 Å². The van der Waals surface area contributed by atoms with E-state index in [2.05, 4.69) is 51.1 Å². The second-order valence-corrected chi connectivity index (χ2v) is 5.99. The molecule has 0 aliphatic heterocycles. The van der Waals surface area contributed by atoms with Crippen LogP contribution in [0.4, 0.5) is 0 Å². The van der Waals surface area contributed by atoms with Gasteiger partial charge in [0.05, 0.1) is 0 Å². The molecule has 0 saturated carbocycles. The molecule has 1 unspecified atom stereocenters. The minimum Gasteiger partial charge on any atom is -0.0840 e. The van der Waals surface area contributed by atoms with Crippen LogP contribution in [0.1, 0.15) is 43.4 Å². The summed E-state index contributed by atoms with van der Waals surface area (Å²) in [6, 6.07) is 17.0. The van der Waals surface area contributed by atoms with Gasteiger partial charge in [-0.2, -0.15) is 0 Å². The van der Waals surface area contributed by atoms with E-state index in [1.54, 1.807) is 0 Å². The molecule has 1 heteroatoms. The minimum absolute atomic E-state index is 0.335. The van der Waals surface area contributed by atoms with Crippen molar-refractivity contribution in [1.29, 1.82) is 0 Å². The van der Waals surface area contributed by atoms with Crippen LogP contribution in [-0.2, 0) is 6.42 Å². The van der Waals surface area contributed by atoms with Crippen LogP contribution in [0.15, 0.2) is 48.5 Å². The molecule has 2 aromatic rings. The van der Waals surface area contributed by atoms with Crippen molar-refractivity contribution < 1.29 is 0 Å². The average Bonchev–Trinajstić information content (AvgIpc) is 2.39. The Morgan fingerprint density at radius 2 is 1.53 bits per heavy atom. The summed E-state index contributed by atoms with van der Waals surface area (Å²) >= 11 is 6.27. The van der Waals surface area contributed by atoms with Crippen molar-refractivity contribution in [3.05, 3.63) is 70.2 Å². The van der Waals surface area contributed by atoms with Crippen LogP contribution in [0, 0.1) is 5.92 Å². The van der Waals surface area contributed by atoms with E-state index in [0.717, 1.165) is 11.4 Å². The summed E-state index contributed by atoms with van der Waals surface area (Å²) in [7, 11) is 0. The van der Waals surface area contributed by atoms with Gasteiger partial charge in [0.1, 0.15) is 0 Å². The molecular formula is C18H21Cl. The molecule has 0 heterocycles. The summed E-state index contributed by atoms with van der Waals surface area (Å²) in [5.41, 5.74) is 3.92. The Morgan fingerprint density at radius 1 is 0.895 bits per heavy atom. The number of hydrogen-bond donors (Lipinski definition) is 0. The standard InChI is InChI=1S/C18H21Cl/c1-13(2)12-15-8-10-16(11-9-15)14(3)17-6-4-5-7-18(17)19/h4-11,13-14H,12H2,1-3H3. The third kappa shape index (κ3) is 3.61. The van der Waals surface area contributed by atoms with Gasteiger partial charge in [-0.3, -0.25) is 0 Å². The highest BCUT2D eigenvalue weighted by Crippen LogP contribution is 2.29. The summed E-state index contributed by atoms with van der Waals surface area (Å²) in [6.45, 7) is 6.71. The summed E-state index contributed by atoms with van der Waals surface area (Å²) in [5, 5.41) is 0.848. The van der Waals surface area contributed by atoms with E-state index in [1.165, 1.54) is 16.7 Å². The van der Waals surface area contributed by atoms with Crippen molar-refractivity contribution >= 4 is 11.6 Å². The molecule has 0 nitrogen and oxygen atoms in total. The third-order valence-corrected chi connectivity index (χ3v) is 3.84. The molecular weight excluding hydrogens is 252 g/mol. The lowest BCUT2D eigenvalue weighted by Crippen LogP contribution is -1.98. The largest absolute Gasteiger partial charge is 0.0840 e. The molecule has 2 rings (SSSR count). The lowest BCUT2D eigenvalue weighted by Gasteiger charge is -2.15. The molecule has 0 aromatic heterocycles. The molecule has 0 spiro atoms. The molecule has 2 aromatic carbocycles. The molecule has 0 radical (unpaired) electrons. The number of hydrogen-bond acceptors (Lipinski definition) is 0. The summed E-state index contributed by atoms with van der Waals surface area (Å²) in [5.74, 6) is 1.04. The van der Waals surface area contributed by atoms with Crippen LogP contribution in [-0.4, -0.2) is 0 Å². The fraction of sp³-hybridized carbons (Fsp3) is 0.333. The molecule has 0 amide bonds. The van der Waals surface area contributed by atoms with E-state index < -0.39 is 0 Å². The lowest BCUT2D eigenvalue weighted by molar-refractivity contribution is 0.647.